The number of thiophene rings is 1. The fourth-order valence-corrected chi connectivity index (χ4v) is 3.55. The van der Waals surface area contributed by atoms with E-state index in [1.165, 1.54) is 5.56 Å². The van der Waals surface area contributed by atoms with E-state index < -0.39 is 5.41 Å². The molecular weight excluding hydrogens is 230 g/mol. The third-order valence-corrected chi connectivity index (χ3v) is 4.36. The first-order valence-corrected chi connectivity index (χ1v) is 6.60. The maximum absolute atomic E-state index is 12.0. The first-order chi connectivity index (χ1) is 8.25. The van der Waals surface area contributed by atoms with Crippen molar-refractivity contribution in [2.24, 2.45) is 5.73 Å². The quantitative estimate of drug-likeness (QED) is 0.865. The third-order valence-electron chi connectivity index (χ3n) is 3.68. The van der Waals surface area contributed by atoms with Crippen molar-refractivity contribution in [2.45, 2.75) is 18.3 Å². The largest absolute Gasteiger partial charge is 0.369 e. The Morgan fingerprint density at radius 2 is 2.12 bits per heavy atom. The van der Waals surface area contributed by atoms with Gasteiger partial charge in [-0.3, -0.25) is 4.79 Å². The molecule has 2 N–H and O–H groups in total. The van der Waals surface area contributed by atoms with Crippen molar-refractivity contribution < 1.29 is 4.79 Å². The maximum atomic E-state index is 12.0. The zero-order valence-electron chi connectivity index (χ0n) is 9.35. The summed E-state index contributed by atoms with van der Waals surface area (Å²) >= 11 is 1.61. The first kappa shape index (κ1) is 10.5. The van der Waals surface area contributed by atoms with Crippen molar-refractivity contribution in [3.05, 3.63) is 57.8 Å². The molecule has 0 fully saturated rings. The van der Waals surface area contributed by atoms with Crippen LogP contribution in [0.2, 0.25) is 0 Å². The number of rotatable bonds is 2. The monoisotopic (exact) mass is 243 g/mol. The molecule has 1 heterocycles. The molecule has 1 unspecified atom stereocenters. The summed E-state index contributed by atoms with van der Waals surface area (Å²) in [6.45, 7) is 0. The van der Waals surface area contributed by atoms with E-state index in [9.17, 15) is 4.79 Å². The number of carbonyl (C=O) groups excluding carboxylic acids is 1. The molecule has 0 saturated carbocycles. The van der Waals surface area contributed by atoms with Crippen molar-refractivity contribution in [1.29, 1.82) is 0 Å². The van der Waals surface area contributed by atoms with Crippen molar-refractivity contribution >= 4 is 17.2 Å². The zero-order valence-corrected chi connectivity index (χ0v) is 10.2. The molecule has 1 aromatic carbocycles. The van der Waals surface area contributed by atoms with Gasteiger partial charge in [-0.05, 0) is 46.4 Å². The number of amides is 1. The Kier molecular flexibility index (Phi) is 2.30. The van der Waals surface area contributed by atoms with Crippen molar-refractivity contribution in [3.63, 3.8) is 0 Å². The fourth-order valence-electron chi connectivity index (χ4n) is 2.82. The minimum absolute atomic E-state index is 0.235. The van der Waals surface area contributed by atoms with Gasteiger partial charge in [0.1, 0.15) is 5.41 Å². The molecule has 17 heavy (non-hydrogen) atoms. The lowest BCUT2D eigenvalue weighted by atomic mass is 9.76. The summed E-state index contributed by atoms with van der Waals surface area (Å²) < 4.78 is 0. The van der Waals surface area contributed by atoms with E-state index >= 15 is 0 Å². The maximum Gasteiger partial charge on any atom is 0.232 e. The van der Waals surface area contributed by atoms with Crippen LogP contribution in [0.3, 0.4) is 0 Å². The van der Waals surface area contributed by atoms with Crippen LogP contribution in [-0.4, -0.2) is 5.91 Å². The first-order valence-electron chi connectivity index (χ1n) is 5.66. The van der Waals surface area contributed by atoms with Gasteiger partial charge in [0.25, 0.3) is 0 Å². The normalized spacial score (nSPS) is 22.4. The van der Waals surface area contributed by atoms with E-state index in [1.54, 1.807) is 11.3 Å². The number of aryl methyl sites for hydroxylation is 1. The number of fused-ring (bicyclic) bond motifs is 1. The van der Waals surface area contributed by atoms with Gasteiger partial charge in [-0.15, -0.1) is 0 Å². The van der Waals surface area contributed by atoms with Gasteiger partial charge in [0.15, 0.2) is 0 Å². The highest BCUT2D eigenvalue weighted by Gasteiger charge is 2.45. The molecular formula is C14H13NOS. The van der Waals surface area contributed by atoms with E-state index in [0.717, 1.165) is 24.0 Å². The standard InChI is InChI=1S/C14H13NOS/c15-13(16)14(11-6-8-17-9-11)7-5-10-3-1-2-4-12(10)14/h1-4,6,8-9H,5,7H2,(H2,15,16). The predicted octanol–water partition coefficient (Wildman–Crippen LogP) is 2.47. The van der Waals surface area contributed by atoms with Gasteiger partial charge in [-0.1, -0.05) is 24.3 Å². The Hall–Kier alpha value is -1.61. The van der Waals surface area contributed by atoms with E-state index in [0.29, 0.717) is 0 Å². The van der Waals surface area contributed by atoms with Crippen LogP contribution in [0.4, 0.5) is 0 Å². The summed E-state index contributed by atoms with van der Waals surface area (Å²) in [6.07, 6.45) is 1.72. The van der Waals surface area contributed by atoms with Crippen molar-refractivity contribution in [2.75, 3.05) is 0 Å². The second kappa shape index (κ2) is 3.70. The average molecular weight is 243 g/mol. The molecule has 0 spiro atoms. The molecule has 0 bridgehead atoms. The van der Waals surface area contributed by atoms with Gasteiger partial charge in [-0.2, -0.15) is 11.3 Å². The number of hydrogen-bond acceptors (Lipinski definition) is 2. The molecule has 1 aliphatic rings. The Bertz CT molecular complexity index is 561. The summed E-state index contributed by atoms with van der Waals surface area (Å²) in [5, 5.41) is 4.04. The van der Waals surface area contributed by atoms with E-state index in [2.05, 4.69) is 6.07 Å². The zero-order chi connectivity index (χ0) is 11.9. The molecule has 2 nitrogen and oxygen atoms in total. The van der Waals surface area contributed by atoms with Gasteiger partial charge < -0.3 is 5.73 Å². The van der Waals surface area contributed by atoms with Crippen LogP contribution in [0.15, 0.2) is 41.1 Å². The molecule has 1 aromatic heterocycles. The minimum Gasteiger partial charge on any atom is -0.369 e. The van der Waals surface area contributed by atoms with E-state index in [-0.39, 0.29) is 5.91 Å². The van der Waals surface area contributed by atoms with Gasteiger partial charge in [0, 0.05) is 0 Å². The smallest absolute Gasteiger partial charge is 0.232 e. The molecule has 3 rings (SSSR count). The van der Waals surface area contributed by atoms with Crippen LogP contribution in [0.5, 0.6) is 0 Å². The highest BCUT2D eigenvalue weighted by Crippen LogP contribution is 2.44. The number of hydrogen-bond donors (Lipinski definition) is 1. The second-order valence-corrected chi connectivity index (χ2v) is 5.22. The Morgan fingerprint density at radius 1 is 1.29 bits per heavy atom. The number of nitrogens with two attached hydrogens (primary N) is 1. The van der Waals surface area contributed by atoms with Gasteiger partial charge in [0.2, 0.25) is 5.91 Å². The predicted molar refractivity (Wildman–Crippen MR) is 69.1 cm³/mol. The van der Waals surface area contributed by atoms with Gasteiger partial charge in [0.05, 0.1) is 0 Å². The lowest BCUT2D eigenvalue weighted by Gasteiger charge is -2.26. The van der Waals surface area contributed by atoms with Gasteiger partial charge >= 0.3 is 0 Å². The summed E-state index contributed by atoms with van der Waals surface area (Å²) in [4.78, 5) is 12.0. The Balaban J connectivity index is 2.26. The molecule has 1 aliphatic carbocycles. The summed E-state index contributed by atoms with van der Waals surface area (Å²) in [7, 11) is 0. The molecule has 2 aromatic rings. The van der Waals surface area contributed by atoms with Crippen LogP contribution in [0.25, 0.3) is 0 Å². The number of primary amides is 1. The molecule has 3 heteroatoms. The SMILES string of the molecule is NC(=O)C1(c2ccsc2)CCc2ccccc21. The van der Waals surface area contributed by atoms with Crippen molar-refractivity contribution in [3.8, 4) is 0 Å². The molecule has 0 aliphatic heterocycles. The number of benzene rings is 1. The van der Waals surface area contributed by atoms with Crippen LogP contribution in [0, 0.1) is 0 Å². The Labute approximate surface area is 104 Å². The minimum atomic E-state index is -0.601. The topological polar surface area (TPSA) is 43.1 Å². The average Bonchev–Trinajstić information content (AvgIpc) is 2.96. The van der Waals surface area contributed by atoms with Crippen LogP contribution in [-0.2, 0) is 16.6 Å². The van der Waals surface area contributed by atoms with Crippen LogP contribution < -0.4 is 5.73 Å². The molecule has 0 saturated heterocycles. The highest BCUT2D eigenvalue weighted by molar-refractivity contribution is 7.08. The van der Waals surface area contributed by atoms with Crippen molar-refractivity contribution in [1.82, 2.24) is 0 Å². The second-order valence-electron chi connectivity index (χ2n) is 4.44. The van der Waals surface area contributed by atoms with E-state index in [4.69, 9.17) is 5.73 Å². The lowest BCUT2D eigenvalue weighted by Crippen LogP contribution is -2.40. The van der Waals surface area contributed by atoms with Gasteiger partial charge in [-0.25, -0.2) is 0 Å². The summed E-state index contributed by atoms with van der Waals surface area (Å²) in [6, 6.07) is 10.1. The fraction of sp³-hybridized carbons (Fsp3) is 0.214. The third kappa shape index (κ3) is 1.35. The van der Waals surface area contributed by atoms with E-state index in [1.807, 2.05) is 35.0 Å². The lowest BCUT2D eigenvalue weighted by molar-refractivity contribution is -0.122. The molecule has 1 amide bonds. The Morgan fingerprint density at radius 3 is 2.82 bits per heavy atom. The number of carbonyl (C=O) groups is 1. The summed E-state index contributed by atoms with van der Waals surface area (Å²) in [5.41, 5.74) is 8.48. The highest BCUT2D eigenvalue weighted by atomic mass is 32.1. The molecule has 0 radical (unpaired) electrons. The van der Waals surface area contributed by atoms with Crippen LogP contribution in [0.1, 0.15) is 23.1 Å². The summed E-state index contributed by atoms with van der Waals surface area (Å²) in [5.74, 6) is -0.235. The van der Waals surface area contributed by atoms with Crippen LogP contribution >= 0.6 is 11.3 Å². The molecule has 86 valence electrons. The molecule has 1 atom stereocenters.